The number of aromatic nitrogens is 4. The van der Waals surface area contributed by atoms with Crippen LogP contribution in [0.3, 0.4) is 0 Å². The number of nitrogens with two attached hydrogens (primary N) is 1. The van der Waals surface area contributed by atoms with Gasteiger partial charge in [-0.15, -0.1) is 0 Å². The fourth-order valence-corrected chi connectivity index (χ4v) is 5.59. The number of hydrogen-bond donors (Lipinski definition) is 3. The average Bonchev–Trinajstić information content (AvgIpc) is 3.57. The number of nitrogens with one attached hydrogen (secondary N) is 1. The van der Waals surface area contributed by atoms with E-state index in [2.05, 4.69) is 15.6 Å². The molecule has 0 fully saturated rings. The van der Waals surface area contributed by atoms with Crippen LogP contribution in [0.1, 0.15) is 27.3 Å². The summed E-state index contributed by atoms with van der Waals surface area (Å²) in [5.74, 6) is 3.77. The summed E-state index contributed by atoms with van der Waals surface area (Å²) < 4.78 is 3.51. The summed E-state index contributed by atoms with van der Waals surface area (Å²) in [5, 5.41) is 21.5. The minimum absolute atomic E-state index is 0.281. The van der Waals surface area contributed by atoms with E-state index in [1.165, 1.54) is 6.08 Å². The molecule has 13 heteroatoms. The Labute approximate surface area is 277 Å². The van der Waals surface area contributed by atoms with Crippen LogP contribution in [-0.2, 0) is 17.9 Å². The number of halogens is 4. The van der Waals surface area contributed by atoms with Crippen LogP contribution in [0.2, 0.25) is 20.1 Å². The molecule has 0 saturated heterocycles. The third-order valence-corrected chi connectivity index (χ3v) is 7.92. The first kappa shape index (κ1) is 32.0. The van der Waals surface area contributed by atoms with Crippen molar-refractivity contribution in [2.75, 3.05) is 0 Å². The Hall–Kier alpha value is -4.38. The molecule has 0 bridgehead atoms. The fourth-order valence-electron chi connectivity index (χ4n) is 4.65. The van der Waals surface area contributed by atoms with Gasteiger partial charge in [0.15, 0.2) is 5.69 Å². The molecule has 0 aliphatic rings. The molecule has 0 unspecified atom stereocenters. The van der Waals surface area contributed by atoms with Crippen molar-refractivity contribution < 1.29 is 14.7 Å². The quantitative estimate of drug-likeness (QED) is 0.0694. The van der Waals surface area contributed by atoms with Crippen LogP contribution in [0.4, 0.5) is 0 Å². The molecule has 6 aromatic rings. The molecule has 45 heavy (non-hydrogen) atoms. The molecular weight excluding hydrogens is 658 g/mol. The van der Waals surface area contributed by atoms with Crippen LogP contribution in [0.25, 0.3) is 27.9 Å². The number of carboxylic acids is 1. The van der Waals surface area contributed by atoms with Crippen molar-refractivity contribution in [2.24, 2.45) is 5.84 Å². The highest BCUT2D eigenvalue weighted by Crippen LogP contribution is 2.26. The lowest BCUT2D eigenvalue weighted by Crippen LogP contribution is -2.30. The number of amides is 1. The summed E-state index contributed by atoms with van der Waals surface area (Å²) in [6.07, 6.45) is 2.57. The first-order valence-electron chi connectivity index (χ1n) is 13.4. The molecule has 228 valence electrons. The number of rotatable bonds is 7. The lowest BCUT2D eigenvalue weighted by molar-refractivity contribution is -0.131. The van der Waals surface area contributed by atoms with E-state index >= 15 is 0 Å². The van der Waals surface area contributed by atoms with Crippen molar-refractivity contribution in [1.82, 2.24) is 25.0 Å². The summed E-state index contributed by atoms with van der Waals surface area (Å²) in [6, 6.07) is 25.7. The molecule has 9 nitrogen and oxygen atoms in total. The number of fused-ring (bicyclic) bond motifs is 2. The second-order valence-corrected chi connectivity index (χ2v) is 11.4. The van der Waals surface area contributed by atoms with E-state index in [1.807, 2.05) is 60.7 Å². The highest BCUT2D eigenvalue weighted by Gasteiger charge is 2.17. The maximum Gasteiger partial charge on any atom is 0.328 e. The number of carbonyl (C=O) groups excluding carboxylic acids is 1. The van der Waals surface area contributed by atoms with Gasteiger partial charge in [-0.1, -0.05) is 94.9 Å². The van der Waals surface area contributed by atoms with Gasteiger partial charge in [0, 0.05) is 36.9 Å². The van der Waals surface area contributed by atoms with Gasteiger partial charge >= 0.3 is 5.97 Å². The largest absolute Gasteiger partial charge is 0.478 e. The predicted octanol–water partition coefficient (Wildman–Crippen LogP) is 7.48. The predicted molar refractivity (Wildman–Crippen MR) is 179 cm³/mol. The first-order chi connectivity index (χ1) is 21.6. The van der Waals surface area contributed by atoms with Gasteiger partial charge in [-0.25, -0.2) is 10.6 Å². The number of hydrogen-bond acceptors (Lipinski definition) is 5. The van der Waals surface area contributed by atoms with E-state index in [0.29, 0.717) is 38.9 Å². The topological polar surface area (TPSA) is 128 Å². The van der Waals surface area contributed by atoms with Gasteiger partial charge in [-0.3, -0.25) is 19.6 Å². The maximum atomic E-state index is 11.8. The minimum atomic E-state index is -1.01. The Morgan fingerprint density at radius 3 is 1.80 bits per heavy atom. The molecule has 0 atom stereocenters. The number of carbonyl (C=O) groups is 2. The number of para-hydroxylation sites is 2. The Balaban J connectivity index is 0.000000178. The van der Waals surface area contributed by atoms with E-state index < -0.39 is 11.9 Å². The van der Waals surface area contributed by atoms with Gasteiger partial charge in [0.25, 0.3) is 5.91 Å². The molecule has 6 rings (SSSR count). The van der Waals surface area contributed by atoms with Crippen LogP contribution in [0, 0.1) is 0 Å². The highest BCUT2D eigenvalue weighted by molar-refractivity contribution is 6.35. The molecule has 2 aromatic heterocycles. The third-order valence-electron chi connectivity index (χ3n) is 6.74. The summed E-state index contributed by atoms with van der Waals surface area (Å²) in [4.78, 5) is 22.6. The first-order valence-corrected chi connectivity index (χ1v) is 14.9. The monoisotopic (exact) mass is 680 g/mol. The molecule has 4 N–H and O–H groups in total. The van der Waals surface area contributed by atoms with Crippen molar-refractivity contribution in [1.29, 1.82) is 0 Å². The Morgan fingerprint density at radius 1 is 0.756 bits per heavy atom. The van der Waals surface area contributed by atoms with Crippen LogP contribution in [0.15, 0.2) is 91.0 Å². The molecule has 0 saturated carbocycles. The van der Waals surface area contributed by atoms with Gasteiger partial charge in [0.2, 0.25) is 0 Å². The Morgan fingerprint density at radius 2 is 1.27 bits per heavy atom. The number of nitrogen functional groups attached to an aromatic ring is 1. The smallest absolute Gasteiger partial charge is 0.328 e. The summed E-state index contributed by atoms with van der Waals surface area (Å²) in [7, 11) is 0. The standard InChI is InChI=1S/C17H12Cl2N2O2.C15H12Cl2N4O/c18-12-6-5-11(14(19)9-12)10-21-16-4-2-1-3-13(16)15(20-21)7-8-17(22)23;16-10-6-5-9(12(17)7-10)8-21-13-4-2-1-3-11(13)14(20-21)15(22)19-18/h1-9H,10H2,(H,22,23);1-7H,8,18H2,(H,19,22)/b8-7+;. The number of benzene rings is 4. The third kappa shape index (κ3) is 7.47. The summed E-state index contributed by atoms with van der Waals surface area (Å²) in [5.41, 5.74) is 6.48. The van der Waals surface area contributed by atoms with E-state index in [9.17, 15) is 9.59 Å². The van der Waals surface area contributed by atoms with Crippen molar-refractivity contribution in [2.45, 2.75) is 13.1 Å². The Bertz CT molecular complexity index is 2070. The number of carboxylic acid groups (broad SMARTS) is 1. The lowest BCUT2D eigenvalue weighted by atomic mass is 10.2. The van der Waals surface area contributed by atoms with Crippen molar-refractivity contribution in [3.05, 3.63) is 134 Å². The molecule has 2 heterocycles. The van der Waals surface area contributed by atoms with Crippen molar-refractivity contribution >= 4 is 86.2 Å². The van der Waals surface area contributed by atoms with E-state index in [-0.39, 0.29) is 5.69 Å². The molecule has 0 aliphatic carbocycles. The second kappa shape index (κ2) is 14.2. The molecule has 4 aromatic carbocycles. The number of aliphatic carboxylic acids is 1. The summed E-state index contributed by atoms with van der Waals surface area (Å²) >= 11 is 24.2. The van der Waals surface area contributed by atoms with Gasteiger partial charge in [0.1, 0.15) is 0 Å². The molecule has 0 aliphatic heterocycles. The number of hydrazine groups is 1. The van der Waals surface area contributed by atoms with Gasteiger partial charge in [0.05, 0.1) is 29.8 Å². The zero-order valence-corrected chi connectivity index (χ0v) is 26.3. The molecule has 1 amide bonds. The normalized spacial score (nSPS) is 11.1. The van der Waals surface area contributed by atoms with Gasteiger partial charge < -0.3 is 5.11 Å². The highest BCUT2D eigenvalue weighted by atomic mass is 35.5. The van der Waals surface area contributed by atoms with Gasteiger partial charge in [-0.2, -0.15) is 10.2 Å². The van der Waals surface area contributed by atoms with Gasteiger partial charge in [-0.05, 0) is 53.6 Å². The Kier molecular flexibility index (Phi) is 10.1. The lowest BCUT2D eigenvalue weighted by Gasteiger charge is -2.06. The van der Waals surface area contributed by atoms with E-state index in [4.69, 9.17) is 57.4 Å². The molecule has 0 radical (unpaired) electrons. The van der Waals surface area contributed by atoms with E-state index in [1.54, 1.807) is 33.6 Å². The zero-order valence-electron chi connectivity index (χ0n) is 23.3. The summed E-state index contributed by atoms with van der Waals surface area (Å²) in [6.45, 7) is 0.895. The molecule has 0 spiro atoms. The van der Waals surface area contributed by atoms with Crippen molar-refractivity contribution in [3.8, 4) is 0 Å². The number of nitrogens with zero attached hydrogens (tertiary/aromatic N) is 4. The molecular formula is C32H24Cl4N6O3. The van der Waals surface area contributed by atoms with Crippen LogP contribution >= 0.6 is 46.4 Å². The van der Waals surface area contributed by atoms with Crippen LogP contribution < -0.4 is 11.3 Å². The van der Waals surface area contributed by atoms with Crippen LogP contribution in [0.5, 0.6) is 0 Å². The zero-order chi connectivity index (χ0) is 32.1. The minimum Gasteiger partial charge on any atom is -0.478 e. The average molecular weight is 682 g/mol. The fraction of sp³-hybridized carbons (Fsp3) is 0.0625. The maximum absolute atomic E-state index is 11.8. The SMILES string of the molecule is NNC(=O)c1nn(Cc2ccc(Cl)cc2Cl)c2ccccc12.O=C(O)/C=C/c1nn(Cc2ccc(Cl)cc2Cl)c2ccccc12. The van der Waals surface area contributed by atoms with E-state index in [0.717, 1.165) is 39.0 Å². The van der Waals surface area contributed by atoms with Crippen molar-refractivity contribution in [3.63, 3.8) is 0 Å². The second-order valence-electron chi connectivity index (χ2n) is 9.70. The van der Waals surface area contributed by atoms with Crippen LogP contribution in [-0.4, -0.2) is 36.5 Å².